The van der Waals surface area contributed by atoms with Crippen molar-refractivity contribution in [3.05, 3.63) is 29.8 Å². The summed E-state index contributed by atoms with van der Waals surface area (Å²) in [6.07, 6.45) is 0. The molecule has 0 aliphatic carbocycles. The Labute approximate surface area is 172 Å². The van der Waals surface area contributed by atoms with Gasteiger partial charge in [-0.15, -0.1) is 0 Å². The molecular formula is C21H32N4O4. The van der Waals surface area contributed by atoms with E-state index in [2.05, 4.69) is 21.9 Å². The first-order valence-corrected chi connectivity index (χ1v) is 10.2. The first kappa shape index (κ1) is 21.5. The van der Waals surface area contributed by atoms with Crippen LogP contribution < -0.4 is 4.74 Å². The minimum Gasteiger partial charge on any atom is -0.497 e. The Morgan fingerprint density at radius 3 is 1.90 bits per heavy atom. The molecule has 0 spiro atoms. The van der Waals surface area contributed by atoms with Crippen LogP contribution in [0.4, 0.5) is 0 Å². The van der Waals surface area contributed by atoms with Crippen molar-refractivity contribution in [2.24, 2.45) is 0 Å². The molecule has 0 bridgehead atoms. The summed E-state index contributed by atoms with van der Waals surface area (Å²) >= 11 is 0. The Morgan fingerprint density at radius 1 is 0.793 bits per heavy atom. The maximum absolute atomic E-state index is 12.7. The van der Waals surface area contributed by atoms with Gasteiger partial charge in [0.1, 0.15) is 12.4 Å². The summed E-state index contributed by atoms with van der Waals surface area (Å²) in [5.41, 5.74) is 1.26. The molecule has 160 valence electrons. The number of amides is 2. The van der Waals surface area contributed by atoms with Crippen molar-refractivity contribution in [2.75, 3.05) is 79.7 Å². The number of nitrogens with zero attached hydrogens (tertiary/aromatic N) is 4. The highest BCUT2D eigenvalue weighted by Crippen LogP contribution is 2.14. The van der Waals surface area contributed by atoms with Crippen LogP contribution in [0.25, 0.3) is 0 Å². The fraction of sp³-hybridized carbons (Fsp3) is 0.619. The van der Waals surface area contributed by atoms with Crippen LogP contribution in [0, 0.1) is 0 Å². The summed E-state index contributed by atoms with van der Waals surface area (Å²) in [4.78, 5) is 32.8. The minimum atomic E-state index is 0.0199. The molecule has 0 aromatic heterocycles. The zero-order valence-electron chi connectivity index (χ0n) is 17.5. The lowest BCUT2D eigenvalue weighted by Gasteiger charge is -2.38. The fourth-order valence-corrected chi connectivity index (χ4v) is 3.81. The molecule has 1 aromatic rings. The van der Waals surface area contributed by atoms with E-state index < -0.39 is 0 Å². The summed E-state index contributed by atoms with van der Waals surface area (Å²) < 4.78 is 10.1. The molecule has 2 aliphatic heterocycles. The summed E-state index contributed by atoms with van der Waals surface area (Å²) in [6, 6.07) is 8.15. The minimum absolute atomic E-state index is 0.0199. The van der Waals surface area contributed by atoms with E-state index in [1.54, 1.807) is 7.11 Å². The van der Waals surface area contributed by atoms with E-state index in [9.17, 15) is 9.59 Å². The molecule has 1 aromatic carbocycles. The predicted octanol–water partition coefficient (Wildman–Crippen LogP) is 0.130. The second-order valence-electron chi connectivity index (χ2n) is 7.59. The number of benzene rings is 1. The van der Waals surface area contributed by atoms with Gasteiger partial charge in [-0.3, -0.25) is 19.4 Å². The number of piperazine rings is 2. The van der Waals surface area contributed by atoms with Crippen LogP contribution in [0.3, 0.4) is 0 Å². The third kappa shape index (κ3) is 6.16. The van der Waals surface area contributed by atoms with Crippen LogP contribution in [0.15, 0.2) is 24.3 Å². The topological polar surface area (TPSA) is 65.6 Å². The molecule has 2 amide bonds. The van der Waals surface area contributed by atoms with Crippen molar-refractivity contribution in [2.45, 2.75) is 6.54 Å². The van der Waals surface area contributed by atoms with Crippen LogP contribution in [0.2, 0.25) is 0 Å². The second kappa shape index (κ2) is 10.6. The van der Waals surface area contributed by atoms with Gasteiger partial charge in [0.15, 0.2) is 0 Å². The highest BCUT2D eigenvalue weighted by atomic mass is 16.5. The van der Waals surface area contributed by atoms with Gasteiger partial charge in [0, 0.05) is 66.0 Å². The summed E-state index contributed by atoms with van der Waals surface area (Å²) in [5, 5.41) is 0. The summed E-state index contributed by atoms with van der Waals surface area (Å²) in [6.45, 7) is 7.54. The van der Waals surface area contributed by atoms with E-state index in [4.69, 9.17) is 9.47 Å². The van der Waals surface area contributed by atoms with E-state index >= 15 is 0 Å². The van der Waals surface area contributed by atoms with Gasteiger partial charge in [-0.05, 0) is 17.7 Å². The number of ether oxygens (including phenoxy) is 2. The Hall–Kier alpha value is -2.16. The molecule has 0 saturated carbocycles. The Kier molecular flexibility index (Phi) is 7.85. The number of hydrogen-bond acceptors (Lipinski definition) is 6. The lowest BCUT2D eigenvalue weighted by Crippen LogP contribution is -2.54. The first-order chi connectivity index (χ1) is 14.1. The molecule has 2 aliphatic rings. The molecule has 3 rings (SSSR count). The lowest BCUT2D eigenvalue weighted by molar-refractivity contribution is -0.138. The molecule has 0 radical (unpaired) electrons. The second-order valence-corrected chi connectivity index (χ2v) is 7.59. The molecule has 0 N–H and O–H groups in total. The van der Waals surface area contributed by atoms with E-state index in [1.165, 1.54) is 12.7 Å². The molecule has 0 unspecified atom stereocenters. The first-order valence-electron chi connectivity index (χ1n) is 10.2. The zero-order chi connectivity index (χ0) is 20.6. The maximum atomic E-state index is 12.7. The highest BCUT2D eigenvalue weighted by molar-refractivity contribution is 5.79. The van der Waals surface area contributed by atoms with Gasteiger partial charge in [-0.25, -0.2) is 0 Å². The number of carbonyl (C=O) groups excluding carboxylic acids is 2. The standard InChI is InChI=1S/C21H32N4O4/c1-28-17-21(27)25-13-9-23(10-14-25)16-20(26)24-11-7-22(8-12-24)15-18-3-5-19(29-2)6-4-18/h3-6H,7-17H2,1-2H3. The molecular weight excluding hydrogens is 372 g/mol. The Morgan fingerprint density at radius 2 is 1.34 bits per heavy atom. The van der Waals surface area contributed by atoms with Crippen LogP contribution >= 0.6 is 0 Å². The monoisotopic (exact) mass is 404 g/mol. The van der Waals surface area contributed by atoms with Crippen LogP contribution in [-0.4, -0.2) is 111 Å². The predicted molar refractivity (Wildman–Crippen MR) is 110 cm³/mol. The van der Waals surface area contributed by atoms with E-state index in [1.807, 2.05) is 21.9 Å². The SMILES string of the molecule is COCC(=O)N1CCN(CC(=O)N2CCN(Cc3ccc(OC)cc3)CC2)CC1. The van der Waals surface area contributed by atoms with Gasteiger partial charge in [-0.2, -0.15) is 0 Å². The molecule has 29 heavy (non-hydrogen) atoms. The van der Waals surface area contributed by atoms with Crippen molar-refractivity contribution in [3.8, 4) is 5.75 Å². The van der Waals surface area contributed by atoms with Gasteiger partial charge < -0.3 is 19.3 Å². The number of carbonyl (C=O) groups is 2. The van der Waals surface area contributed by atoms with Crippen molar-refractivity contribution in [1.82, 2.24) is 19.6 Å². The number of methoxy groups -OCH3 is 2. The van der Waals surface area contributed by atoms with Crippen molar-refractivity contribution in [3.63, 3.8) is 0 Å². The number of rotatable bonds is 7. The third-order valence-electron chi connectivity index (χ3n) is 5.64. The van der Waals surface area contributed by atoms with Gasteiger partial charge in [0.05, 0.1) is 13.7 Å². The highest BCUT2D eigenvalue weighted by Gasteiger charge is 2.26. The zero-order valence-corrected chi connectivity index (χ0v) is 17.5. The van der Waals surface area contributed by atoms with Crippen LogP contribution in [-0.2, 0) is 20.9 Å². The quantitative estimate of drug-likeness (QED) is 0.644. The molecule has 8 heteroatoms. The lowest BCUT2D eigenvalue weighted by atomic mass is 10.2. The van der Waals surface area contributed by atoms with E-state index in [0.29, 0.717) is 19.6 Å². The normalized spacial score (nSPS) is 18.7. The Balaban J connectivity index is 1.37. The van der Waals surface area contributed by atoms with Gasteiger partial charge >= 0.3 is 0 Å². The van der Waals surface area contributed by atoms with E-state index in [-0.39, 0.29) is 18.4 Å². The van der Waals surface area contributed by atoms with E-state index in [0.717, 1.165) is 51.6 Å². The van der Waals surface area contributed by atoms with Gasteiger partial charge in [0.2, 0.25) is 11.8 Å². The summed E-state index contributed by atoms with van der Waals surface area (Å²) in [5.74, 6) is 1.07. The average molecular weight is 405 g/mol. The van der Waals surface area contributed by atoms with Gasteiger partial charge in [-0.1, -0.05) is 12.1 Å². The Bertz CT molecular complexity index is 666. The third-order valence-corrected chi connectivity index (χ3v) is 5.64. The van der Waals surface area contributed by atoms with Crippen molar-refractivity contribution >= 4 is 11.8 Å². The van der Waals surface area contributed by atoms with Gasteiger partial charge in [0.25, 0.3) is 0 Å². The molecule has 2 fully saturated rings. The van der Waals surface area contributed by atoms with Crippen LogP contribution in [0.1, 0.15) is 5.56 Å². The molecule has 8 nitrogen and oxygen atoms in total. The molecule has 2 heterocycles. The fourth-order valence-electron chi connectivity index (χ4n) is 3.81. The van der Waals surface area contributed by atoms with Crippen LogP contribution in [0.5, 0.6) is 5.75 Å². The average Bonchev–Trinajstić information content (AvgIpc) is 2.75. The smallest absolute Gasteiger partial charge is 0.248 e. The number of hydrogen-bond donors (Lipinski definition) is 0. The molecule has 2 saturated heterocycles. The maximum Gasteiger partial charge on any atom is 0.248 e. The molecule has 0 atom stereocenters. The summed E-state index contributed by atoms with van der Waals surface area (Å²) in [7, 11) is 3.20. The van der Waals surface area contributed by atoms with Crippen molar-refractivity contribution in [1.29, 1.82) is 0 Å². The van der Waals surface area contributed by atoms with Crippen molar-refractivity contribution < 1.29 is 19.1 Å². The largest absolute Gasteiger partial charge is 0.497 e.